The van der Waals surface area contributed by atoms with Crippen LogP contribution in [0.3, 0.4) is 0 Å². The Balaban J connectivity index is 1.49. The van der Waals surface area contributed by atoms with Crippen molar-refractivity contribution in [2.75, 3.05) is 5.32 Å². The van der Waals surface area contributed by atoms with Crippen LogP contribution in [0, 0.1) is 20.8 Å². The number of thiophene rings is 1. The van der Waals surface area contributed by atoms with Gasteiger partial charge in [-0.3, -0.25) is 24.1 Å². The number of fused-ring (bicyclic) bond motifs is 3. The van der Waals surface area contributed by atoms with Crippen molar-refractivity contribution in [2.24, 2.45) is 4.99 Å². The summed E-state index contributed by atoms with van der Waals surface area (Å²) in [7, 11) is 0. The topological polar surface area (TPSA) is 122 Å². The molecule has 1 atom stereocenters. The van der Waals surface area contributed by atoms with E-state index in [0.29, 0.717) is 23.0 Å². The van der Waals surface area contributed by atoms with Crippen molar-refractivity contribution in [2.45, 2.75) is 33.2 Å². The van der Waals surface area contributed by atoms with E-state index in [1.165, 1.54) is 6.08 Å². The van der Waals surface area contributed by atoms with E-state index in [4.69, 9.17) is 4.99 Å². The number of nitrogens with one attached hydrogen (secondary N) is 1. The smallest absolute Gasteiger partial charge is 0.306 e. The first-order chi connectivity index (χ1) is 17.8. The van der Waals surface area contributed by atoms with Gasteiger partial charge >= 0.3 is 5.97 Å². The Hall–Kier alpha value is -4.44. The van der Waals surface area contributed by atoms with Gasteiger partial charge in [-0.05, 0) is 56.2 Å². The van der Waals surface area contributed by atoms with Crippen molar-refractivity contribution in [3.05, 3.63) is 93.6 Å². The molecular weight excluding hydrogens is 488 g/mol. The first-order valence-electron chi connectivity index (χ1n) is 11.6. The van der Waals surface area contributed by atoms with Gasteiger partial charge in [0.1, 0.15) is 16.9 Å². The molecule has 37 heavy (non-hydrogen) atoms. The maximum Gasteiger partial charge on any atom is 0.306 e. The van der Waals surface area contributed by atoms with Gasteiger partial charge in [0.25, 0.3) is 0 Å². The predicted octanol–water partition coefficient (Wildman–Crippen LogP) is 4.67. The molecule has 186 valence electrons. The third-order valence-electron chi connectivity index (χ3n) is 6.14. The van der Waals surface area contributed by atoms with Gasteiger partial charge in [0.05, 0.1) is 12.1 Å². The van der Waals surface area contributed by atoms with Crippen LogP contribution >= 0.6 is 11.3 Å². The van der Waals surface area contributed by atoms with E-state index in [1.807, 2.05) is 48.7 Å². The maximum atomic E-state index is 12.4. The van der Waals surface area contributed by atoms with Gasteiger partial charge in [-0.15, -0.1) is 21.5 Å². The molecule has 5 rings (SSSR count). The molecule has 0 aliphatic carbocycles. The molecule has 1 aliphatic heterocycles. The fourth-order valence-electron chi connectivity index (χ4n) is 4.23. The number of aliphatic carboxylic acids is 1. The number of benzene rings is 1. The number of rotatable bonds is 6. The summed E-state index contributed by atoms with van der Waals surface area (Å²) in [6, 6.07) is 10.4. The molecule has 1 aliphatic rings. The van der Waals surface area contributed by atoms with Gasteiger partial charge in [-0.2, -0.15) is 0 Å². The number of amides is 1. The standard InChI is InChI=1S/C27H24N6O3S/c1-15-16(2)37-27-24(15)25(30-21(13-23(35)36)26-32-31-17(3)33(26)27)19-7-9-20(10-8-19)29-22(34)11-6-18-5-4-12-28-14-18/h4-12,14,21H,13H2,1-3H3,(H,29,34)(H,35,36)/t21-/m0/s1. The number of pyridine rings is 1. The summed E-state index contributed by atoms with van der Waals surface area (Å²) in [6.45, 7) is 5.95. The van der Waals surface area contributed by atoms with Crippen molar-refractivity contribution in [3.63, 3.8) is 0 Å². The second kappa shape index (κ2) is 9.90. The number of carbonyl (C=O) groups is 2. The Morgan fingerprint density at radius 2 is 1.92 bits per heavy atom. The van der Waals surface area contributed by atoms with Crippen LogP contribution in [0.2, 0.25) is 0 Å². The third-order valence-corrected chi connectivity index (χ3v) is 7.34. The molecule has 0 radical (unpaired) electrons. The number of hydrogen-bond donors (Lipinski definition) is 2. The highest BCUT2D eigenvalue weighted by molar-refractivity contribution is 7.15. The second-order valence-corrected chi connectivity index (χ2v) is 9.89. The summed E-state index contributed by atoms with van der Waals surface area (Å²) in [4.78, 5) is 34.2. The number of aromatic nitrogens is 4. The van der Waals surface area contributed by atoms with Crippen LogP contribution in [0.25, 0.3) is 11.1 Å². The van der Waals surface area contributed by atoms with Crippen molar-refractivity contribution in [3.8, 4) is 5.00 Å². The minimum absolute atomic E-state index is 0.202. The summed E-state index contributed by atoms with van der Waals surface area (Å²) in [5, 5.41) is 21.9. The number of carboxylic acid groups (broad SMARTS) is 1. The van der Waals surface area contributed by atoms with Gasteiger partial charge in [0, 0.05) is 40.2 Å². The van der Waals surface area contributed by atoms with E-state index in [1.54, 1.807) is 35.9 Å². The van der Waals surface area contributed by atoms with Crippen molar-refractivity contribution < 1.29 is 14.7 Å². The lowest BCUT2D eigenvalue weighted by atomic mass is 9.99. The van der Waals surface area contributed by atoms with E-state index < -0.39 is 12.0 Å². The van der Waals surface area contributed by atoms with E-state index in [2.05, 4.69) is 27.4 Å². The molecule has 3 aromatic heterocycles. The van der Waals surface area contributed by atoms with Gasteiger partial charge in [0.15, 0.2) is 5.82 Å². The van der Waals surface area contributed by atoms with Crippen LogP contribution in [0.1, 0.15) is 51.2 Å². The number of nitrogens with zero attached hydrogens (tertiary/aromatic N) is 5. The minimum Gasteiger partial charge on any atom is -0.481 e. The quantitative estimate of drug-likeness (QED) is 0.362. The molecule has 4 heterocycles. The fraction of sp³-hybridized carbons (Fsp3) is 0.185. The molecule has 10 heteroatoms. The summed E-state index contributed by atoms with van der Waals surface area (Å²) in [6.07, 6.45) is 6.30. The zero-order chi connectivity index (χ0) is 26.1. The average Bonchev–Trinajstić information content (AvgIpc) is 3.36. The molecule has 0 unspecified atom stereocenters. The summed E-state index contributed by atoms with van der Waals surface area (Å²) >= 11 is 1.61. The monoisotopic (exact) mass is 512 g/mol. The Morgan fingerprint density at radius 3 is 2.62 bits per heavy atom. The predicted molar refractivity (Wildman–Crippen MR) is 142 cm³/mol. The van der Waals surface area contributed by atoms with Crippen molar-refractivity contribution >= 4 is 40.7 Å². The molecule has 0 fully saturated rings. The summed E-state index contributed by atoms with van der Waals surface area (Å²) in [5.41, 5.74) is 4.99. The lowest BCUT2D eigenvalue weighted by molar-refractivity contribution is -0.137. The molecule has 0 saturated carbocycles. The van der Waals surface area contributed by atoms with E-state index >= 15 is 0 Å². The lowest BCUT2D eigenvalue weighted by Gasteiger charge is -2.11. The molecule has 2 N–H and O–H groups in total. The zero-order valence-corrected chi connectivity index (χ0v) is 21.3. The van der Waals surface area contributed by atoms with Gasteiger partial charge in [-0.1, -0.05) is 18.2 Å². The molecule has 4 aromatic rings. The minimum atomic E-state index is -0.962. The summed E-state index contributed by atoms with van der Waals surface area (Å²) in [5.74, 6) is -0.0239. The third kappa shape index (κ3) is 4.83. The van der Waals surface area contributed by atoms with Gasteiger partial charge in [-0.25, -0.2) is 0 Å². The van der Waals surface area contributed by atoms with Gasteiger partial charge < -0.3 is 10.4 Å². The maximum absolute atomic E-state index is 12.4. The number of carbonyl (C=O) groups excluding carboxylic acids is 1. The van der Waals surface area contributed by atoms with E-state index in [-0.39, 0.29) is 12.3 Å². The number of aryl methyl sites for hydroxylation is 2. The van der Waals surface area contributed by atoms with Gasteiger partial charge in [0.2, 0.25) is 5.91 Å². The average molecular weight is 513 g/mol. The van der Waals surface area contributed by atoms with E-state index in [0.717, 1.165) is 32.1 Å². The normalized spacial score (nSPS) is 14.6. The molecule has 0 saturated heterocycles. The van der Waals surface area contributed by atoms with Crippen molar-refractivity contribution in [1.29, 1.82) is 0 Å². The highest BCUT2D eigenvalue weighted by Gasteiger charge is 2.32. The highest BCUT2D eigenvalue weighted by Crippen LogP contribution is 2.39. The first kappa shape index (κ1) is 24.3. The Morgan fingerprint density at radius 1 is 1.14 bits per heavy atom. The molecule has 0 bridgehead atoms. The Kier molecular flexibility index (Phi) is 6.49. The molecule has 9 nitrogen and oxygen atoms in total. The SMILES string of the molecule is Cc1sc2c(c1C)C(c1ccc(NC(=O)C=Cc3cccnc3)cc1)=N[C@@H](CC(=O)O)c1nnc(C)n1-2. The first-order valence-corrected chi connectivity index (χ1v) is 12.4. The van der Waals surface area contributed by atoms with Crippen LogP contribution in [0.5, 0.6) is 0 Å². The zero-order valence-electron chi connectivity index (χ0n) is 20.5. The van der Waals surface area contributed by atoms with Crippen LogP contribution in [0.15, 0.2) is 59.9 Å². The fourth-order valence-corrected chi connectivity index (χ4v) is 5.45. The Labute approximate surface area is 217 Å². The lowest BCUT2D eigenvalue weighted by Crippen LogP contribution is -2.11. The molecule has 0 spiro atoms. The van der Waals surface area contributed by atoms with Crippen LogP contribution in [-0.4, -0.2) is 42.4 Å². The van der Waals surface area contributed by atoms with Crippen LogP contribution in [-0.2, 0) is 9.59 Å². The van der Waals surface area contributed by atoms with E-state index in [9.17, 15) is 14.7 Å². The summed E-state index contributed by atoms with van der Waals surface area (Å²) < 4.78 is 1.92. The number of aliphatic imine (C=N–C) groups is 1. The second-order valence-electron chi connectivity index (χ2n) is 8.68. The molecular formula is C27H24N6O3S. The van der Waals surface area contributed by atoms with Crippen molar-refractivity contribution in [1.82, 2.24) is 19.7 Å². The Bertz CT molecular complexity index is 1550. The van der Waals surface area contributed by atoms with Crippen LogP contribution < -0.4 is 5.32 Å². The molecule has 1 aromatic carbocycles. The highest BCUT2D eigenvalue weighted by atomic mass is 32.1. The largest absolute Gasteiger partial charge is 0.481 e. The number of hydrogen-bond acceptors (Lipinski definition) is 7. The van der Waals surface area contributed by atoms with Crippen LogP contribution in [0.4, 0.5) is 5.69 Å². The molecule has 1 amide bonds. The number of carboxylic acids is 1. The number of anilines is 1.